The average Bonchev–Trinajstić information content (AvgIpc) is 2.13. The van der Waals surface area contributed by atoms with Gasteiger partial charge >= 0.3 is 0 Å². The van der Waals surface area contributed by atoms with Crippen molar-refractivity contribution in [2.24, 2.45) is 0 Å². The fraction of sp³-hybridized carbons (Fsp3) is 0.364. The summed E-state index contributed by atoms with van der Waals surface area (Å²) in [5.74, 6) is 0.654. The lowest BCUT2D eigenvalue weighted by molar-refractivity contribution is 0.120. The Kier molecular flexibility index (Phi) is 2.60. The van der Waals surface area contributed by atoms with Gasteiger partial charge in [-0.05, 0) is 37.5 Å². The number of benzene rings is 1. The summed E-state index contributed by atoms with van der Waals surface area (Å²) in [5, 5.41) is 9.43. The Balaban J connectivity index is 2.19. The van der Waals surface area contributed by atoms with Crippen molar-refractivity contribution >= 4 is 11.6 Å². The van der Waals surface area contributed by atoms with E-state index in [0.717, 1.165) is 12.8 Å². The fourth-order valence-corrected chi connectivity index (χ4v) is 1.53. The first-order chi connectivity index (χ1) is 6.79. The summed E-state index contributed by atoms with van der Waals surface area (Å²) in [4.78, 5) is 0. The number of nitrogens with zero attached hydrogens (tertiary/aromatic N) is 1. The second-order valence-electron chi connectivity index (χ2n) is 3.42. The first kappa shape index (κ1) is 9.36. The van der Waals surface area contributed by atoms with Crippen LogP contribution in [0.5, 0.6) is 5.75 Å². The molecule has 1 saturated carbocycles. The highest BCUT2D eigenvalue weighted by molar-refractivity contribution is 6.30. The van der Waals surface area contributed by atoms with E-state index in [-0.39, 0.29) is 0 Å². The zero-order valence-corrected chi connectivity index (χ0v) is 8.42. The molecular formula is C11H10ClNO. The van der Waals surface area contributed by atoms with Crippen molar-refractivity contribution in [1.82, 2.24) is 0 Å². The second kappa shape index (κ2) is 3.89. The molecule has 1 aromatic rings. The summed E-state index contributed by atoms with van der Waals surface area (Å²) >= 11 is 5.77. The average molecular weight is 208 g/mol. The lowest BCUT2D eigenvalue weighted by Crippen LogP contribution is -2.24. The van der Waals surface area contributed by atoms with Gasteiger partial charge in [0.05, 0.1) is 11.7 Å². The lowest BCUT2D eigenvalue weighted by Gasteiger charge is -2.26. The van der Waals surface area contributed by atoms with Crippen LogP contribution in [0.3, 0.4) is 0 Å². The number of rotatable bonds is 2. The number of hydrogen-bond acceptors (Lipinski definition) is 2. The molecule has 0 saturated heterocycles. The van der Waals surface area contributed by atoms with E-state index in [1.54, 1.807) is 18.2 Å². The van der Waals surface area contributed by atoms with E-state index >= 15 is 0 Å². The molecule has 0 spiro atoms. The second-order valence-corrected chi connectivity index (χ2v) is 3.86. The first-order valence-electron chi connectivity index (χ1n) is 4.66. The molecule has 0 aromatic heterocycles. The predicted molar refractivity (Wildman–Crippen MR) is 54.4 cm³/mol. The molecule has 3 heteroatoms. The smallest absolute Gasteiger partial charge is 0.137 e. The normalized spacial score (nSPS) is 15.7. The number of halogens is 1. The van der Waals surface area contributed by atoms with Crippen molar-refractivity contribution in [1.29, 1.82) is 5.26 Å². The number of nitriles is 1. The largest absolute Gasteiger partial charge is 0.489 e. The van der Waals surface area contributed by atoms with Crippen LogP contribution in [-0.2, 0) is 0 Å². The van der Waals surface area contributed by atoms with E-state index in [2.05, 4.69) is 6.07 Å². The van der Waals surface area contributed by atoms with E-state index in [1.807, 2.05) is 0 Å². The van der Waals surface area contributed by atoms with Gasteiger partial charge in [-0.15, -0.1) is 0 Å². The summed E-state index contributed by atoms with van der Waals surface area (Å²) in [5.41, 5.74) is 0.518. The number of ether oxygens (including phenoxy) is 1. The van der Waals surface area contributed by atoms with E-state index in [0.29, 0.717) is 22.4 Å². The van der Waals surface area contributed by atoms with Gasteiger partial charge in [0.2, 0.25) is 0 Å². The molecule has 1 fully saturated rings. The maximum Gasteiger partial charge on any atom is 0.137 e. The zero-order chi connectivity index (χ0) is 9.97. The van der Waals surface area contributed by atoms with E-state index < -0.39 is 0 Å². The van der Waals surface area contributed by atoms with E-state index in [1.165, 1.54) is 6.42 Å². The molecule has 0 radical (unpaired) electrons. The fourth-order valence-electron chi connectivity index (χ4n) is 1.36. The first-order valence-corrected chi connectivity index (χ1v) is 5.03. The minimum absolute atomic E-state index is 0.295. The van der Waals surface area contributed by atoms with Crippen LogP contribution in [-0.4, -0.2) is 6.10 Å². The third kappa shape index (κ3) is 1.83. The lowest BCUT2D eigenvalue weighted by atomic mass is 9.96. The van der Waals surface area contributed by atoms with Crippen LogP contribution < -0.4 is 4.74 Å². The molecule has 0 amide bonds. The SMILES string of the molecule is N#Cc1cc(Cl)ccc1OC1CCC1. The van der Waals surface area contributed by atoms with Crippen LogP contribution in [0.1, 0.15) is 24.8 Å². The summed E-state index contributed by atoms with van der Waals surface area (Å²) in [6.07, 6.45) is 3.70. The molecular weight excluding hydrogens is 198 g/mol. The quantitative estimate of drug-likeness (QED) is 0.747. The molecule has 0 aliphatic heterocycles. The Morgan fingerprint density at radius 1 is 1.43 bits per heavy atom. The van der Waals surface area contributed by atoms with Gasteiger partial charge in [0, 0.05) is 5.02 Å². The van der Waals surface area contributed by atoms with Crippen LogP contribution in [0.2, 0.25) is 5.02 Å². The van der Waals surface area contributed by atoms with Gasteiger partial charge in [-0.25, -0.2) is 0 Å². The monoisotopic (exact) mass is 207 g/mol. The highest BCUT2D eigenvalue weighted by atomic mass is 35.5. The molecule has 0 heterocycles. The van der Waals surface area contributed by atoms with Crippen LogP contribution in [0, 0.1) is 11.3 Å². The Labute approximate surface area is 88.1 Å². The Morgan fingerprint density at radius 2 is 2.21 bits per heavy atom. The summed E-state index contributed by atoms with van der Waals surface area (Å²) < 4.78 is 5.65. The molecule has 0 bridgehead atoms. The van der Waals surface area contributed by atoms with Gasteiger partial charge in [-0.3, -0.25) is 0 Å². The molecule has 2 nitrogen and oxygen atoms in total. The Bertz CT molecular complexity index is 379. The van der Waals surface area contributed by atoms with Crippen LogP contribution in [0.25, 0.3) is 0 Å². The topological polar surface area (TPSA) is 33.0 Å². The van der Waals surface area contributed by atoms with Gasteiger partial charge in [0.15, 0.2) is 0 Å². The summed E-state index contributed by atoms with van der Waals surface area (Å²) in [6, 6.07) is 7.22. The molecule has 1 aliphatic rings. The standard InChI is InChI=1S/C11H10ClNO/c12-9-4-5-11(8(6-9)7-13)14-10-2-1-3-10/h4-6,10H,1-3H2. The maximum absolute atomic E-state index is 8.86. The van der Waals surface area contributed by atoms with Gasteiger partial charge in [0.1, 0.15) is 11.8 Å². The van der Waals surface area contributed by atoms with Gasteiger partial charge in [-0.1, -0.05) is 11.6 Å². The molecule has 0 unspecified atom stereocenters. The maximum atomic E-state index is 8.86. The molecule has 14 heavy (non-hydrogen) atoms. The van der Waals surface area contributed by atoms with Crippen LogP contribution in [0.4, 0.5) is 0 Å². The molecule has 0 atom stereocenters. The summed E-state index contributed by atoms with van der Waals surface area (Å²) in [6.45, 7) is 0. The molecule has 1 aromatic carbocycles. The minimum Gasteiger partial charge on any atom is -0.489 e. The van der Waals surface area contributed by atoms with Gasteiger partial charge in [0.25, 0.3) is 0 Å². The highest BCUT2D eigenvalue weighted by Gasteiger charge is 2.20. The summed E-state index contributed by atoms with van der Waals surface area (Å²) in [7, 11) is 0. The van der Waals surface area contributed by atoms with Crippen molar-refractivity contribution in [2.75, 3.05) is 0 Å². The molecule has 2 rings (SSSR count). The third-order valence-electron chi connectivity index (χ3n) is 2.41. The molecule has 0 N–H and O–H groups in total. The van der Waals surface area contributed by atoms with Gasteiger partial charge < -0.3 is 4.74 Å². The van der Waals surface area contributed by atoms with E-state index in [4.69, 9.17) is 21.6 Å². The minimum atomic E-state index is 0.295. The van der Waals surface area contributed by atoms with E-state index in [9.17, 15) is 0 Å². The Hall–Kier alpha value is -1.20. The van der Waals surface area contributed by atoms with Crippen molar-refractivity contribution in [3.8, 4) is 11.8 Å². The van der Waals surface area contributed by atoms with Crippen molar-refractivity contribution in [2.45, 2.75) is 25.4 Å². The van der Waals surface area contributed by atoms with Crippen LogP contribution >= 0.6 is 11.6 Å². The van der Waals surface area contributed by atoms with Crippen molar-refractivity contribution in [3.05, 3.63) is 28.8 Å². The molecule has 1 aliphatic carbocycles. The predicted octanol–water partition coefficient (Wildman–Crippen LogP) is 3.14. The van der Waals surface area contributed by atoms with Crippen molar-refractivity contribution < 1.29 is 4.74 Å². The zero-order valence-electron chi connectivity index (χ0n) is 7.66. The number of hydrogen-bond donors (Lipinski definition) is 0. The molecule has 72 valence electrons. The highest BCUT2D eigenvalue weighted by Crippen LogP contribution is 2.28. The van der Waals surface area contributed by atoms with Crippen molar-refractivity contribution in [3.63, 3.8) is 0 Å². The third-order valence-corrected chi connectivity index (χ3v) is 2.64. The van der Waals surface area contributed by atoms with Gasteiger partial charge in [-0.2, -0.15) is 5.26 Å². The Morgan fingerprint density at radius 3 is 2.79 bits per heavy atom. The van der Waals surface area contributed by atoms with Crippen LogP contribution in [0.15, 0.2) is 18.2 Å².